The third kappa shape index (κ3) is 3.62. The Hall–Kier alpha value is -2.81. The van der Waals surface area contributed by atoms with Crippen LogP contribution in [0.1, 0.15) is 19.8 Å². The first kappa shape index (κ1) is 18.5. The van der Waals surface area contributed by atoms with Crippen molar-refractivity contribution < 1.29 is 27.1 Å². The number of halogens is 1. The molecule has 0 radical (unpaired) electrons. The van der Waals surface area contributed by atoms with E-state index in [-0.39, 0.29) is 18.0 Å². The molecule has 0 aromatic heterocycles. The summed E-state index contributed by atoms with van der Waals surface area (Å²) < 4.78 is 51.3. The fourth-order valence-corrected chi connectivity index (χ4v) is 4.35. The van der Waals surface area contributed by atoms with E-state index in [0.717, 1.165) is 25.0 Å². The topological polar surface area (TPSA) is 84.9 Å². The Balaban J connectivity index is 1.62. The molecule has 0 spiro atoms. The minimum atomic E-state index is -3.91. The fourth-order valence-electron chi connectivity index (χ4n) is 2.90. The Morgan fingerprint density at radius 3 is 2.61 bits per heavy atom. The summed E-state index contributed by atoms with van der Waals surface area (Å²) in [5.41, 5.74) is 0.267. The van der Waals surface area contributed by atoms with Crippen LogP contribution in [0.3, 0.4) is 0 Å². The first-order chi connectivity index (χ1) is 13.3. The molecule has 1 aliphatic carbocycles. The lowest BCUT2D eigenvalue weighted by atomic mass is 10.2. The van der Waals surface area contributed by atoms with E-state index in [4.69, 9.17) is 9.47 Å². The molecule has 2 aliphatic rings. The number of carbonyl (C=O) groups is 1. The molecule has 28 heavy (non-hydrogen) atoms. The zero-order chi connectivity index (χ0) is 19.9. The highest BCUT2D eigenvalue weighted by molar-refractivity contribution is 7.92. The van der Waals surface area contributed by atoms with Gasteiger partial charge < -0.3 is 9.47 Å². The van der Waals surface area contributed by atoms with Crippen LogP contribution in [-0.2, 0) is 14.8 Å². The van der Waals surface area contributed by atoms with Crippen molar-refractivity contribution in [1.29, 1.82) is 0 Å². The maximum absolute atomic E-state index is 13.2. The van der Waals surface area contributed by atoms with Gasteiger partial charge in [-0.2, -0.15) is 0 Å². The molecule has 1 fully saturated rings. The van der Waals surface area contributed by atoms with Crippen molar-refractivity contribution in [2.75, 3.05) is 22.8 Å². The Morgan fingerprint density at radius 1 is 1.21 bits per heavy atom. The van der Waals surface area contributed by atoms with Gasteiger partial charge in [0, 0.05) is 5.69 Å². The van der Waals surface area contributed by atoms with Crippen LogP contribution in [0.25, 0.3) is 0 Å². The molecule has 0 saturated heterocycles. The second-order valence-corrected chi connectivity index (χ2v) is 8.89. The lowest BCUT2D eigenvalue weighted by Gasteiger charge is -2.30. The van der Waals surface area contributed by atoms with Gasteiger partial charge >= 0.3 is 6.09 Å². The van der Waals surface area contributed by atoms with Crippen molar-refractivity contribution >= 4 is 27.5 Å². The number of amides is 1. The smallest absolute Gasteiger partial charge is 0.412 e. The zero-order valence-corrected chi connectivity index (χ0v) is 16.0. The first-order valence-corrected chi connectivity index (χ1v) is 10.3. The van der Waals surface area contributed by atoms with Crippen LogP contribution < -0.4 is 14.4 Å². The van der Waals surface area contributed by atoms with Gasteiger partial charge in [-0.25, -0.2) is 17.6 Å². The van der Waals surface area contributed by atoms with E-state index in [1.807, 2.05) is 6.92 Å². The Morgan fingerprint density at radius 2 is 1.93 bits per heavy atom. The number of hydrogen-bond acceptors (Lipinski definition) is 5. The molecule has 7 nitrogen and oxygen atoms in total. The Labute approximate surface area is 162 Å². The van der Waals surface area contributed by atoms with E-state index in [0.29, 0.717) is 17.1 Å². The number of hydrogen-bond donors (Lipinski definition) is 1. The number of nitrogens with zero attached hydrogens (tertiary/aromatic N) is 1. The van der Waals surface area contributed by atoms with Gasteiger partial charge in [0.15, 0.2) is 0 Å². The third-order valence-electron chi connectivity index (χ3n) is 4.72. The molecular formula is C19H19FN2O5S. The summed E-state index contributed by atoms with van der Waals surface area (Å²) in [6.07, 6.45) is 1.05. The molecule has 9 heteroatoms. The van der Waals surface area contributed by atoms with Crippen LogP contribution in [0.2, 0.25) is 0 Å². The molecule has 1 saturated carbocycles. The normalized spacial score (nSPS) is 17.3. The number of benzene rings is 2. The van der Waals surface area contributed by atoms with Gasteiger partial charge in [-0.05, 0) is 62.2 Å². The summed E-state index contributed by atoms with van der Waals surface area (Å²) in [7, 11) is -3.91. The van der Waals surface area contributed by atoms with Gasteiger partial charge in [-0.1, -0.05) is 0 Å². The van der Waals surface area contributed by atoms with E-state index in [1.54, 1.807) is 12.1 Å². The lowest BCUT2D eigenvalue weighted by molar-refractivity contribution is 0.107. The van der Waals surface area contributed by atoms with E-state index < -0.39 is 27.5 Å². The van der Waals surface area contributed by atoms with Crippen LogP contribution in [0.4, 0.5) is 20.6 Å². The highest BCUT2D eigenvalue weighted by Gasteiger charge is 2.41. The number of rotatable bonds is 4. The number of fused-ring (bicyclic) bond motifs is 1. The minimum Gasteiger partial charge on any atom is -0.489 e. The SMILES string of the molecule is CC1(OC(=O)Nc2ccc3c(c2)N(S(=O)(=O)c2ccc(F)cc2)CCO3)CC1. The largest absolute Gasteiger partial charge is 0.489 e. The summed E-state index contributed by atoms with van der Waals surface area (Å²) in [6, 6.07) is 9.36. The molecular weight excluding hydrogens is 387 g/mol. The monoisotopic (exact) mass is 406 g/mol. The molecule has 148 valence electrons. The van der Waals surface area contributed by atoms with Crippen molar-refractivity contribution in [3.63, 3.8) is 0 Å². The standard InChI is InChI=1S/C19H19FN2O5S/c1-19(8-9-19)27-18(23)21-14-4-7-17-16(12-14)22(10-11-26-17)28(24,25)15-5-2-13(20)3-6-15/h2-7,12H,8-11H2,1H3,(H,21,23). The second kappa shape index (κ2) is 6.66. The van der Waals surface area contributed by atoms with Crippen LogP contribution in [0.15, 0.2) is 47.4 Å². The predicted molar refractivity (Wildman–Crippen MR) is 101 cm³/mol. The van der Waals surface area contributed by atoms with Crippen LogP contribution in [0.5, 0.6) is 5.75 Å². The van der Waals surface area contributed by atoms with Crippen molar-refractivity contribution in [2.24, 2.45) is 0 Å². The van der Waals surface area contributed by atoms with Crippen molar-refractivity contribution in [1.82, 2.24) is 0 Å². The van der Waals surface area contributed by atoms with Gasteiger partial charge in [0.1, 0.15) is 23.8 Å². The second-order valence-electron chi connectivity index (χ2n) is 7.03. The number of nitrogens with one attached hydrogen (secondary N) is 1. The van der Waals surface area contributed by atoms with E-state index in [1.165, 1.54) is 22.5 Å². The van der Waals surface area contributed by atoms with Gasteiger partial charge in [0.05, 0.1) is 17.1 Å². The molecule has 2 aromatic carbocycles. The lowest BCUT2D eigenvalue weighted by Crippen LogP contribution is -2.38. The van der Waals surface area contributed by atoms with Crippen molar-refractivity contribution in [3.05, 3.63) is 48.3 Å². The van der Waals surface area contributed by atoms with Crippen LogP contribution >= 0.6 is 0 Å². The van der Waals surface area contributed by atoms with Gasteiger partial charge in [-0.15, -0.1) is 0 Å². The molecule has 1 N–H and O–H groups in total. The average Bonchev–Trinajstić information content (AvgIpc) is 3.37. The highest BCUT2D eigenvalue weighted by Crippen LogP contribution is 2.40. The maximum Gasteiger partial charge on any atom is 0.412 e. The fraction of sp³-hybridized carbons (Fsp3) is 0.316. The van der Waals surface area contributed by atoms with E-state index in [9.17, 15) is 17.6 Å². The molecule has 4 rings (SSSR count). The predicted octanol–water partition coefficient (Wildman–Crippen LogP) is 3.51. The molecule has 2 aromatic rings. The molecule has 0 bridgehead atoms. The summed E-state index contributed by atoms with van der Waals surface area (Å²) >= 11 is 0. The summed E-state index contributed by atoms with van der Waals surface area (Å²) in [5, 5.41) is 2.62. The number of anilines is 2. The molecule has 0 unspecified atom stereocenters. The Kier molecular flexibility index (Phi) is 4.41. The van der Waals surface area contributed by atoms with Crippen LogP contribution in [-0.4, -0.2) is 33.3 Å². The first-order valence-electron chi connectivity index (χ1n) is 8.82. The summed E-state index contributed by atoms with van der Waals surface area (Å²) in [5.74, 6) is -0.138. The van der Waals surface area contributed by atoms with Crippen molar-refractivity contribution in [3.8, 4) is 5.75 Å². The Bertz CT molecular complexity index is 1020. The van der Waals surface area contributed by atoms with Crippen molar-refractivity contribution in [2.45, 2.75) is 30.3 Å². The quantitative estimate of drug-likeness (QED) is 0.840. The zero-order valence-electron chi connectivity index (χ0n) is 15.1. The third-order valence-corrected chi connectivity index (χ3v) is 6.55. The van der Waals surface area contributed by atoms with Gasteiger partial charge in [0.2, 0.25) is 0 Å². The number of sulfonamides is 1. The summed E-state index contributed by atoms with van der Waals surface area (Å²) in [4.78, 5) is 12.0. The molecule has 1 heterocycles. The van der Waals surface area contributed by atoms with Gasteiger partial charge in [-0.3, -0.25) is 9.62 Å². The molecule has 1 aliphatic heterocycles. The van der Waals surface area contributed by atoms with Crippen LogP contribution in [0, 0.1) is 5.82 Å². The maximum atomic E-state index is 13.2. The number of carbonyl (C=O) groups excluding carboxylic acids is 1. The molecule has 1 amide bonds. The van der Waals surface area contributed by atoms with Gasteiger partial charge in [0.25, 0.3) is 10.0 Å². The molecule has 0 atom stereocenters. The van der Waals surface area contributed by atoms with E-state index in [2.05, 4.69) is 5.32 Å². The number of ether oxygens (including phenoxy) is 2. The average molecular weight is 406 g/mol. The van der Waals surface area contributed by atoms with E-state index >= 15 is 0 Å². The summed E-state index contributed by atoms with van der Waals surface area (Å²) in [6.45, 7) is 2.13. The minimum absolute atomic E-state index is 0.0267. The highest BCUT2D eigenvalue weighted by atomic mass is 32.2.